The first-order valence-electron chi connectivity index (χ1n) is 9.11. The summed E-state index contributed by atoms with van der Waals surface area (Å²) in [5.41, 5.74) is 2.82. The number of carbonyl (C=O) groups excluding carboxylic acids is 1. The molecular formula is C19H24N4O2. The Kier molecular flexibility index (Phi) is 4.42. The van der Waals surface area contributed by atoms with Crippen LogP contribution in [0.5, 0.6) is 0 Å². The molecule has 1 aromatic carbocycles. The van der Waals surface area contributed by atoms with E-state index >= 15 is 0 Å². The van der Waals surface area contributed by atoms with Crippen LogP contribution in [0.3, 0.4) is 0 Å². The van der Waals surface area contributed by atoms with Gasteiger partial charge in [-0.25, -0.2) is 4.79 Å². The van der Waals surface area contributed by atoms with Gasteiger partial charge in [-0.1, -0.05) is 29.4 Å². The number of piperidine rings is 1. The van der Waals surface area contributed by atoms with Gasteiger partial charge in [0, 0.05) is 31.5 Å². The van der Waals surface area contributed by atoms with Crippen LogP contribution in [-0.4, -0.2) is 40.7 Å². The molecule has 2 amide bonds. The zero-order valence-electron chi connectivity index (χ0n) is 14.6. The van der Waals surface area contributed by atoms with Crippen molar-refractivity contribution in [2.45, 2.75) is 44.4 Å². The number of rotatable bonds is 3. The standard InChI is InChI=1S/C19H24N4O2/c1-13-21-18(25-22-13)15-8-10-23(11-9-15)19(24)20-12-16-7-6-14-4-2-3-5-17(14)16/h2-5,15-16H,6-12H2,1H3,(H,20,24). The molecule has 1 aromatic heterocycles. The fourth-order valence-corrected chi connectivity index (χ4v) is 3.99. The number of aromatic nitrogens is 2. The first kappa shape index (κ1) is 16.1. The van der Waals surface area contributed by atoms with E-state index < -0.39 is 0 Å². The fourth-order valence-electron chi connectivity index (χ4n) is 3.99. The lowest BCUT2D eigenvalue weighted by atomic mass is 9.97. The zero-order valence-corrected chi connectivity index (χ0v) is 14.6. The lowest BCUT2D eigenvalue weighted by Gasteiger charge is -2.30. The zero-order chi connectivity index (χ0) is 17.2. The minimum Gasteiger partial charge on any atom is -0.339 e. The van der Waals surface area contributed by atoms with Crippen molar-refractivity contribution in [1.29, 1.82) is 0 Å². The molecule has 0 bridgehead atoms. The van der Waals surface area contributed by atoms with Crippen LogP contribution in [-0.2, 0) is 6.42 Å². The van der Waals surface area contributed by atoms with E-state index in [-0.39, 0.29) is 11.9 Å². The molecule has 1 aliphatic heterocycles. The van der Waals surface area contributed by atoms with E-state index in [0.29, 0.717) is 17.6 Å². The van der Waals surface area contributed by atoms with Crippen LogP contribution in [0.15, 0.2) is 28.8 Å². The molecule has 1 atom stereocenters. The van der Waals surface area contributed by atoms with Crippen LogP contribution in [0.1, 0.15) is 53.9 Å². The molecular weight excluding hydrogens is 316 g/mol. The van der Waals surface area contributed by atoms with Crippen LogP contribution in [0, 0.1) is 6.92 Å². The van der Waals surface area contributed by atoms with Crippen molar-refractivity contribution in [1.82, 2.24) is 20.4 Å². The Morgan fingerprint density at radius 1 is 1.28 bits per heavy atom. The number of hydrogen-bond donors (Lipinski definition) is 1. The average Bonchev–Trinajstić information content (AvgIpc) is 3.26. The number of nitrogens with one attached hydrogen (secondary N) is 1. The van der Waals surface area contributed by atoms with E-state index in [1.165, 1.54) is 11.1 Å². The first-order chi connectivity index (χ1) is 12.2. The van der Waals surface area contributed by atoms with Crippen LogP contribution >= 0.6 is 0 Å². The Labute approximate surface area is 147 Å². The van der Waals surface area contributed by atoms with Gasteiger partial charge in [-0.3, -0.25) is 0 Å². The van der Waals surface area contributed by atoms with Gasteiger partial charge in [0.15, 0.2) is 5.82 Å². The molecule has 0 radical (unpaired) electrons. The van der Waals surface area contributed by atoms with Crippen molar-refractivity contribution >= 4 is 6.03 Å². The molecule has 1 N–H and O–H groups in total. The summed E-state index contributed by atoms with van der Waals surface area (Å²) in [6.07, 6.45) is 3.99. The number of aryl methyl sites for hydroxylation is 2. The van der Waals surface area contributed by atoms with Crippen molar-refractivity contribution in [2.24, 2.45) is 0 Å². The monoisotopic (exact) mass is 340 g/mol. The summed E-state index contributed by atoms with van der Waals surface area (Å²) >= 11 is 0. The smallest absolute Gasteiger partial charge is 0.317 e. The van der Waals surface area contributed by atoms with E-state index in [9.17, 15) is 4.79 Å². The summed E-state index contributed by atoms with van der Waals surface area (Å²) in [7, 11) is 0. The maximum Gasteiger partial charge on any atom is 0.317 e. The van der Waals surface area contributed by atoms with Crippen LogP contribution in [0.2, 0.25) is 0 Å². The number of carbonyl (C=O) groups is 1. The Morgan fingerprint density at radius 2 is 2.08 bits per heavy atom. The highest BCUT2D eigenvalue weighted by molar-refractivity contribution is 5.74. The van der Waals surface area contributed by atoms with Gasteiger partial charge in [-0.15, -0.1) is 0 Å². The second-order valence-corrected chi connectivity index (χ2v) is 7.06. The number of amides is 2. The molecule has 1 saturated heterocycles. The summed E-state index contributed by atoms with van der Waals surface area (Å²) in [4.78, 5) is 18.7. The van der Waals surface area contributed by atoms with Crippen molar-refractivity contribution in [3.8, 4) is 0 Å². The molecule has 4 rings (SSSR count). The third kappa shape index (κ3) is 3.38. The molecule has 6 nitrogen and oxygen atoms in total. The summed E-state index contributed by atoms with van der Waals surface area (Å²) in [5.74, 6) is 2.10. The van der Waals surface area contributed by atoms with Gasteiger partial charge in [0.1, 0.15) is 0 Å². The molecule has 0 spiro atoms. The quantitative estimate of drug-likeness (QED) is 0.932. The number of benzene rings is 1. The highest BCUT2D eigenvalue weighted by Gasteiger charge is 2.28. The summed E-state index contributed by atoms with van der Waals surface area (Å²) in [6, 6.07) is 8.61. The van der Waals surface area contributed by atoms with Gasteiger partial charge >= 0.3 is 6.03 Å². The molecule has 25 heavy (non-hydrogen) atoms. The molecule has 2 heterocycles. The van der Waals surface area contributed by atoms with Gasteiger partial charge in [0.2, 0.25) is 5.89 Å². The molecule has 0 saturated carbocycles. The maximum atomic E-state index is 12.5. The average molecular weight is 340 g/mol. The molecule has 6 heteroatoms. The van der Waals surface area contributed by atoms with Crippen molar-refractivity contribution < 1.29 is 9.32 Å². The lowest BCUT2D eigenvalue weighted by molar-refractivity contribution is 0.174. The van der Waals surface area contributed by atoms with Gasteiger partial charge < -0.3 is 14.7 Å². The van der Waals surface area contributed by atoms with E-state index in [1.807, 2.05) is 11.8 Å². The second-order valence-electron chi connectivity index (χ2n) is 7.06. The summed E-state index contributed by atoms with van der Waals surface area (Å²) in [5, 5.41) is 6.99. The maximum absolute atomic E-state index is 12.5. The van der Waals surface area contributed by atoms with Crippen LogP contribution < -0.4 is 5.32 Å². The number of hydrogen-bond acceptors (Lipinski definition) is 4. The largest absolute Gasteiger partial charge is 0.339 e. The SMILES string of the molecule is Cc1noc(C2CCN(C(=O)NCC3CCc4ccccc43)CC2)n1. The summed E-state index contributed by atoms with van der Waals surface area (Å²) < 4.78 is 5.27. The normalized spacial score (nSPS) is 20.5. The van der Waals surface area contributed by atoms with Gasteiger partial charge in [0.05, 0.1) is 0 Å². The molecule has 1 fully saturated rings. The van der Waals surface area contributed by atoms with E-state index in [0.717, 1.165) is 45.3 Å². The van der Waals surface area contributed by atoms with Crippen LogP contribution in [0.4, 0.5) is 4.79 Å². The summed E-state index contributed by atoms with van der Waals surface area (Å²) in [6.45, 7) is 4.02. The Hall–Kier alpha value is -2.37. The van der Waals surface area contributed by atoms with E-state index in [1.54, 1.807) is 0 Å². The number of urea groups is 1. The number of fused-ring (bicyclic) bond motifs is 1. The highest BCUT2D eigenvalue weighted by Crippen LogP contribution is 2.32. The van der Waals surface area contributed by atoms with Gasteiger partial charge in [-0.2, -0.15) is 4.98 Å². The fraction of sp³-hybridized carbons (Fsp3) is 0.526. The number of likely N-dealkylation sites (tertiary alicyclic amines) is 1. The Bertz CT molecular complexity index is 749. The predicted molar refractivity (Wildman–Crippen MR) is 93.5 cm³/mol. The molecule has 132 valence electrons. The van der Waals surface area contributed by atoms with Gasteiger partial charge in [0.25, 0.3) is 0 Å². The second kappa shape index (κ2) is 6.86. The topological polar surface area (TPSA) is 71.3 Å². The molecule has 2 aromatic rings. The third-order valence-electron chi connectivity index (χ3n) is 5.43. The first-order valence-corrected chi connectivity index (χ1v) is 9.11. The highest BCUT2D eigenvalue weighted by atomic mass is 16.5. The Balaban J connectivity index is 1.27. The third-order valence-corrected chi connectivity index (χ3v) is 5.43. The van der Waals surface area contributed by atoms with Gasteiger partial charge in [-0.05, 0) is 43.7 Å². The van der Waals surface area contributed by atoms with Crippen molar-refractivity contribution in [3.05, 3.63) is 47.1 Å². The van der Waals surface area contributed by atoms with E-state index in [4.69, 9.17) is 4.52 Å². The Morgan fingerprint density at radius 3 is 2.84 bits per heavy atom. The lowest BCUT2D eigenvalue weighted by Crippen LogP contribution is -2.45. The van der Waals surface area contributed by atoms with Crippen molar-refractivity contribution in [3.63, 3.8) is 0 Å². The minimum absolute atomic E-state index is 0.0459. The molecule has 1 aliphatic carbocycles. The van der Waals surface area contributed by atoms with Crippen LogP contribution in [0.25, 0.3) is 0 Å². The number of nitrogens with zero attached hydrogens (tertiary/aromatic N) is 3. The molecule has 1 unspecified atom stereocenters. The molecule has 2 aliphatic rings. The van der Waals surface area contributed by atoms with E-state index in [2.05, 4.69) is 39.7 Å². The predicted octanol–water partition coefficient (Wildman–Crippen LogP) is 3.00. The van der Waals surface area contributed by atoms with Crippen molar-refractivity contribution in [2.75, 3.05) is 19.6 Å². The minimum atomic E-state index is 0.0459.